The highest BCUT2D eigenvalue weighted by Crippen LogP contribution is 2.30. The number of ether oxygens (including phenoxy) is 1. The Morgan fingerprint density at radius 3 is 2.75 bits per heavy atom. The Bertz CT molecular complexity index is 267. The predicted molar refractivity (Wildman–Crippen MR) is 60.0 cm³/mol. The third-order valence-electron chi connectivity index (χ3n) is 3.76. The zero-order chi connectivity index (χ0) is 11.8. The van der Waals surface area contributed by atoms with E-state index in [1.54, 1.807) is 4.90 Å². The van der Waals surface area contributed by atoms with E-state index >= 15 is 0 Å². The van der Waals surface area contributed by atoms with Crippen LogP contribution in [0.25, 0.3) is 0 Å². The van der Waals surface area contributed by atoms with Gasteiger partial charge in [0.25, 0.3) is 5.91 Å². The van der Waals surface area contributed by atoms with Gasteiger partial charge in [-0.1, -0.05) is 0 Å². The fraction of sp³-hybridized carbons (Fsp3) is 0.917. The van der Waals surface area contributed by atoms with E-state index in [0.717, 1.165) is 32.2 Å². The zero-order valence-electron chi connectivity index (χ0n) is 10.1. The molecule has 16 heavy (non-hydrogen) atoms. The van der Waals surface area contributed by atoms with Gasteiger partial charge in [0.1, 0.15) is 5.60 Å². The summed E-state index contributed by atoms with van der Waals surface area (Å²) in [6, 6.07) is 0. The van der Waals surface area contributed by atoms with Crippen molar-refractivity contribution in [3.05, 3.63) is 0 Å². The smallest absolute Gasteiger partial charge is 0.254 e. The van der Waals surface area contributed by atoms with Crippen molar-refractivity contribution in [3.8, 4) is 0 Å². The van der Waals surface area contributed by atoms with E-state index in [0.29, 0.717) is 12.5 Å². The summed E-state index contributed by atoms with van der Waals surface area (Å²) >= 11 is 0. The SMILES string of the molecule is CN(CC1CC(O)C1)C(=O)C1(C)CCCO1. The largest absolute Gasteiger partial charge is 0.393 e. The van der Waals surface area contributed by atoms with Crippen LogP contribution in [0.2, 0.25) is 0 Å². The molecule has 2 aliphatic rings. The number of amides is 1. The Kier molecular flexibility index (Phi) is 3.22. The van der Waals surface area contributed by atoms with Crippen LogP contribution in [0.4, 0.5) is 0 Å². The predicted octanol–water partition coefficient (Wildman–Crippen LogP) is 0.785. The average molecular weight is 227 g/mol. The molecule has 1 heterocycles. The minimum atomic E-state index is -0.600. The van der Waals surface area contributed by atoms with Gasteiger partial charge in [0, 0.05) is 20.2 Å². The normalized spacial score (nSPS) is 38.2. The van der Waals surface area contributed by atoms with E-state index in [1.807, 2.05) is 14.0 Å². The summed E-state index contributed by atoms with van der Waals surface area (Å²) in [5.41, 5.74) is -0.600. The van der Waals surface area contributed by atoms with Crippen LogP contribution >= 0.6 is 0 Å². The number of aliphatic hydroxyl groups excluding tert-OH is 1. The van der Waals surface area contributed by atoms with Gasteiger partial charge < -0.3 is 14.7 Å². The molecule has 0 aromatic rings. The Balaban J connectivity index is 1.84. The number of nitrogens with zero attached hydrogens (tertiary/aromatic N) is 1. The maximum Gasteiger partial charge on any atom is 0.254 e. The van der Waals surface area contributed by atoms with Gasteiger partial charge in [-0.25, -0.2) is 0 Å². The van der Waals surface area contributed by atoms with Crippen molar-refractivity contribution in [2.75, 3.05) is 20.2 Å². The van der Waals surface area contributed by atoms with Crippen molar-refractivity contribution in [1.82, 2.24) is 4.90 Å². The first-order chi connectivity index (χ1) is 7.51. The number of hydrogen-bond donors (Lipinski definition) is 1. The highest BCUT2D eigenvalue weighted by atomic mass is 16.5. The van der Waals surface area contributed by atoms with Gasteiger partial charge in [0.2, 0.25) is 0 Å². The van der Waals surface area contributed by atoms with Crippen molar-refractivity contribution in [2.45, 2.75) is 44.3 Å². The van der Waals surface area contributed by atoms with E-state index in [4.69, 9.17) is 4.74 Å². The van der Waals surface area contributed by atoms with E-state index in [1.165, 1.54) is 0 Å². The second kappa shape index (κ2) is 4.34. The molecule has 1 amide bonds. The fourth-order valence-electron chi connectivity index (χ4n) is 2.67. The van der Waals surface area contributed by atoms with Crippen LogP contribution < -0.4 is 0 Å². The van der Waals surface area contributed by atoms with Gasteiger partial charge in [0.05, 0.1) is 6.10 Å². The number of aliphatic hydroxyl groups is 1. The van der Waals surface area contributed by atoms with Crippen LogP contribution in [0.5, 0.6) is 0 Å². The van der Waals surface area contributed by atoms with E-state index in [2.05, 4.69) is 0 Å². The molecule has 1 atom stereocenters. The molecule has 92 valence electrons. The lowest BCUT2D eigenvalue weighted by Gasteiger charge is -2.36. The molecular formula is C12H21NO3. The van der Waals surface area contributed by atoms with Gasteiger partial charge >= 0.3 is 0 Å². The van der Waals surface area contributed by atoms with Crippen molar-refractivity contribution in [2.24, 2.45) is 5.92 Å². The minimum absolute atomic E-state index is 0.0892. The number of hydrogen-bond acceptors (Lipinski definition) is 3. The Labute approximate surface area is 96.6 Å². The summed E-state index contributed by atoms with van der Waals surface area (Å²) in [4.78, 5) is 13.9. The van der Waals surface area contributed by atoms with Gasteiger partial charge in [-0.2, -0.15) is 0 Å². The quantitative estimate of drug-likeness (QED) is 0.775. The number of likely N-dealkylation sites (N-methyl/N-ethyl adjacent to an activating group) is 1. The minimum Gasteiger partial charge on any atom is -0.393 e. The molecule has 1 saturated carbocycles. The Hall–Kier alpha value is -0.610. The lowest BCUT2D eigenvalue weighted by molar-refractivity contribution is -0.151. The molecule has 1 aliphatic heterocycles. The lowest BCUT2D eigenvalue weighted by Crippen LogP contribution is -2.48. The number of rotatable bonds is 3. The van der Waals surface area contributed by atoms with Crippen LogP contribution in [-0.2, 0) is 9.53 Å². The Morgan fingerprint density at radius 2 is 2.25 bits per heavy atom. The first-order valence-electron chi connectivity index (χ1n) is 6.09. The second-order valence-electron chi connectivity index (χ2n) is 5.36. The van der Waals surface area contributed by atoms with Crippen molar-refractivity contribution >= 4 is 5.91 Å². The molecule has 0 spiro atoms. The van der Waals surface area contributed by atoms with Crippen molar-refractivity contribution < 1.29 is 14.6 Å². The molecule has 1 unspecified atom stereocenters. The summed E-state index contributed by atoms with van der Waals surface area (Å²) in [7, 11) is 1.83. The molecule has 2 fully saturated rings. The molecule has 2 rings (SSSR count). The summed E-state index contributed by atoms with van der Waals surface area (Å²) in [5.74, 6) is 0.556. The highest BCUT2D eigenvalue weighted by Gasteiger charge is 2.40. The first-order valence-corrected chi connectivity index (χ1v) is 6.09. The van der Waals surface area contributed by atoms with Crippen LogP contribution in [0.1, 0.15) is 32.6 Å². The van der Waals surface area contributed by atoms with Gasteiger partial charge in [-0.3, -0.25) is 4.79 Å². The third kappa shape index (κ3) is 2.23. The molecule has 1 aliphatic carbocycles. The van der Waals surface area contributed by atoms with Gasteiger partial charge in [-0.05, 0) is 38.5 Å². The van der Waals surface area contributed by atoms with Gasteiger partial charge in [0.15, 0.2) is 0 Å². The molecule has 0 bridgehead atoms. The lowest BCUT2D eigenvalue weighted by atomic mass is 9.82. The zero-order valence-corrected chi connectivity index (χ0v) is 10.1. The summed E-state index contributed by atoms with van der Waals surface area (Å²) in [6.07, 6.45) is 3.30. The third-order valence-corrected chi connectivity index (χ3v) is 3.76. The van der Waals surface area contributed by atoms with Crippen LogP contribution in [0.3, 0.4) is 0 Å². The Morgan fingerprint density at radius 1 is 1.56 bits per heavy atom. The molecule has 4 nitrogen and oxygen atoms in total. The molecule has 1 saturated heterocycles. The van der Waals surface area contributed by atoms with E-state index in [9.17, 15) is 9.90 Å². The topological polar surface area (TPSA) is 49.8 Å². The molecular weight excluding hydrogens is 206 g/mol. The average Bonchev–Trinajstić information content (AvgIpc) is 2.63. The first kappa shape index (κ1) is 11.9. The maximum atomic E-state index is 12.2. The molecule has 1 N–H and O–H groups in total. The summed E-state index contributed by atoms with van der Waals surface area (Å²) < 4.78 is 5.54. The second-order valence-corrected chi connectivity index (χ2v) is 5.36. The van der Waals surface area contributed by atoms with E-state index < -0.39 is 5.60 Å². The molecule has 0 radical (unpaired) electrons. The highest BCUT2D eigenvalue weighted by molar-refractivity contribution is 5.84. The fourth-order valence-corrected chi connectivity index (χ4v) is 2.67. The van der Waals surface area contributed by atoms with Crippen LogP contribution in [-0.4, -0.2) is 47.8 Å². The van der Waals surface area contributed by atoms with Crippen LogP contribution in [0, 0.1) is 5.92 Å². The monoisotopic (exact) mass is 227 g/mol. The van der Waals surface area contributed by atoms with Crippen LogP contribution in [0.15, 0.2) is 0 Å². The van der Waals surface area contributed by atoms with Gasteiger partial charge in [-0.15, -0.1) is 0 Å². The van der Waals surface area contributed by atoms with Crippen molar-refractivity contribution in [3.63, 3.8) is 0 Å². The molecule has 0 aromatic heterocycles. The summed E-state index contributed by atoms with van der Waals surface area (Å²) in [6.45, 7) is 3.32. The standard InChI is InChI=1S/C12H21NO3/c1-12(4-3-5-16-12)11(15)13(2)8-9-6-10(14)7-9/h9-10,14H,3-8H2,1-2H3. The summed E-state index contributed by atoms with van der Waals surface area (Å²) in [5, 5.41) is 9.20. The van der Waals surface area contributed by atoms with Crippen molar-refractivity contribution in [1.29, 1.82) is 0 Å². The number of carbonyl (C=O) groups is 1. The molecule has 4 heteroatoms. The maximum absolute atomic E-state index is 12.2. The molecule has 0 aromatic carbocycles. The van der Waals surface area contributed by atoms with E-state index in [-0.39, 0.29) is 12.0 Å². The number of carbonyl (C=O) groups excluding carboxylic acids is 1.